The first-order valence-corrected chi connectivity index (χ1v) is 14.5. The van der Waals surface area contributed by atoms with Crippen LogP contribution in [0.4, 0.5) is 5.82 Å². The van der Waals surface area contributed by atoms with E-state index in [1.165, 1.54) is 24.1 Å². The number of piperidine rings is 1. The van der Waals surface area contributed by atoms with Gasteiger partial charge in [-0.25, -0.2) is 9.97 Å². The van der Waals surface area contributed by atoms with Crippen LogP contribution >= 0.6 is 11.6 Å². The summed E-state index contributed by atoms with van der Waals surface area (Å²) in [5.41, 5.74) is 4.46. The Labute approximate surface area is 235 Å². The third-order valence-electron chi connectivity index (χ3n) is 8.49. The molecule has 6 rings (SSSR count). The molecular formula is C30H37ClN6O2. The van der Waals surface area contributed by atoms with Gasteiger partial charge in [0.2, 0.25) is 5.88 Å². The van der Waals surface area contributed by atoms with Crippen molar-refractivity contribution in [3.8, 4) is 22.9 Å². The fourth-order valence-corrected chi connectivity index (χ4v) is 6.90. The van der Waals surface area contributed by atoms with E-state index in [1.807, 2.05) is 19.1 Å². The van der Waals surface area contributed by atoms with Crippen LogP contribution in [0, 0.1) is 0 Å². The van der Waals surface area contributed by atoms with E-state index in [9.17, 15) is 0 Å². The second-order valence-electron chi connectivity index (χ2n) is 10.9. The number of anilines is 1. The van der Waals surface area contributed by atoms with E-state index in [1.54, 1.807) is 19.5 Å². The Morgan fingerprint density at radius 1 is 1.13 bits per heavy atom. The van der Waals surface area contributed by atoms with Gasteiger partial charge in [0.15, 0.2) is 5.82 Å². The third kappa shape index (κ3) is 5.17. The quantitative estimate of drug-likeness (QED) is 0.455. The summed E-state index contributed by atoms with van der Waals surface area (Å²) in [5, 5.41) is 4.28. The number of nitrogens with zero attached hydrogens (tertiary/aromatic N) is 5. The van der Waals surface area contributed by atoms with Gasteiger partial charge in [-0.2, -0.15) is 0 Å². The van der Waals surface area contributed by atoms with Crippen LogP contribution in [0.15, 0.2) is 42.7 Å². The van der Waals surface area contributed by atoms with E-state index in [4.69, 9.17) is 26.1 Å². The summed E-state index contributed by atoms with van der Waals surface area (Å²) < 4.78 is 11.3. The molecule has 0 radical (unpaired) electrons. The number of methoxy groups -OCH3 is 1. The summed E-state index contributed by atoms with van der Waals surface area (Å²) >= 11 is 6.66. The van der Waals surface area contributed by atoms with Crippen LogP contribution in [0.3, 0.4) is 0 Å². The average molecular weight is 549 g/mol. The Balaban J connectivity index is 1.32. The first-order chi connectivity index (χ1) is 19.1. The summed E-state index contributed by atoms with van der Waals surface area (Å²) in [4.78, 5) is 19.3. The Morgan fingerprint density at radius 3 is 2.77 bits per heavy atom. The van der Waals surface area contributed by atoms with E-state index in [0.717, 1.165) is 69.2 Å². The SMILES string of the molecule is CCOc1ncccc1-c1ccc2c(n1)CN(C[C@H]1CCCN1)CC21CCN(c2nccc(OC)c2Cl)CC1. The van der Waals surface area contributed by atoms with Gasteiger partial charge in [0.1, 0.15) is 10.8 Å². The van der Waals surface area contributed by atoms with Gasteiger partial charge < -0.3 is 19.7 Å². The molecule has 2 saturated heterocycles. The molecule has 8 nitrogen and oxygen atoms in total. The van der Waals surface area contributed by atoms with Crippen molar-refractivity contribution in [3.63, 3.8) is 0 Å². The molecule has 6 heterocycles. The van der Waals surface area contributed by atoms with Gasteiger partial charge in [-0.1, -0.05) is 17.7 Å². The minimum Gasteiger partial charge on any atom is -0.495 e. The van der Waals surface area contributed by atoms with Crippen LogP contribution in [0.2, 0.25) is 5.02 Å². The smallest absolute Gasteiger partial charge is 0.222 e. The lowest BCUT2D eigenvalue weighted by Gasteiger charge is -2.49. The molecule has 0 aromatic carbocycles. The molecule has 1 N–H and O–H groups in total. The van der Waals surface area contributed by atoms with Crippen molar-refractivity contribution in [1.29, 1.82) is 0 Å². The van der Waals surface area contributed by atoms with Crippen molar-refractivity contribution >= 4 is 17.4 Å². The summed E-state index contributed by atoms with van der Waals surface area (Å²) in [6, 6.07) is 10.8. The van der Waals surface area contributed by atoms with Crippen molar-refractivity contribution < 1.29 is 9.47 Å². The molecule has 206 valence electrons. The van der Waals surface area contributed by atoms with Gasteiger partial charge in [0.05, 0.1) is 30.7 Å². The molecule has 1 spiro atoms. The maximum absolute atomic E-state index is 6.66. The zero-order valence-corrected chi connectivity index (χ0v) is 23.6. The Bertz CT molecular complexity index is 1310. The Morgan fingerprint density at radius 2 is 2.00 bits per heavy atom. The highest BCUT2D eigenvalue weighted by Crippen LogP contribution is 2.44. The van der Waals surface area contributed by atoms with Crippen molar-refractivity contribution in [2.45, 2.75) is 50.6 Å². The highest BCUT2D eigenvalue weighted by molar-refractivity contribution is 6.34. The number of ether oxygens (including phenoxy) is 2. The van der Waals surface area contributed by atoms with Crippen LogP contribution in [0.5, 0.6) is 11.6 Å². The van der Waals surface area contributed by atoms with Crippen LogP contribution in [-0.2, 0) is 12.0 Å². The summed E-state index contributed by atoms with van der Waals surface area (Å²) in [6.07, 6.45) is 8.08. The predicted octanol–water partition coefficient (Wildman–Crippen LogP) is 4.71. The summed E-state index contributed by atoms with van der Waals surface area (Å²) in [7, 11) is 1.65. The average Bonchev–Trinajstić information content (AvgIpc) is 3.47. The number of hydrogen-bond donors (Lipinski definition) is 1. The molecule has 0 amide bonds. The number of aromatic nitrogens is 3. The number of rotatable bonds is 7. The maximum atomic E-state index is 6.66. The lowest BCUT2D eigenvalue weighted by molar-refractivity contribution is 0.139. The van der Waals surface area contributed by atoms with Crippen molar-refractivity contribution in [1.82, 2.24) is 25.2 Å². The molecule has 9 heteroatoms. The van der Waals surface area contributed by atoms with Crippen LogP contribution in [-0.4, -0.2) is 72.3 Å². The molecule has 39 heavy (non-hydrogen) atoms. The largest absolute Gasteiger partial charge is 0.495 e. The van der Waals surface area contributed by atoms with E-state index >= 15 is 0 Å². The molecular weight excluding hydrogens is 512 g/mol. The zero-order chi connectivity index (χ0) is 26.8. The Hall–Kier alpha value is -2.94. The summed E-state index contributed by atoms with van der Waals surface area (Å²) in [6.45, 7) is 8.40. The molecule has 3 aromatic rings. The topological polar surface area (TPSA) is 75.6 Å². The van der Waals surface area contributed by atoms with Crippen molar-refractivity contribution in [3.05, 3.63) is 59.0 Å². The van der Waals surface area contributed by atoms with Gasteiger partial charge in [0.25, 0.3) is 0 Å². The number of nitrogens with one attached hydrogen (secondary N) is 1. The minimum atomic E-state index is 0.0389. The van der Waals surface area contributed by atoms with Gasteiger partial charge in [-0.05, 0) is 62.9 Å². The van der Waals surface area contributed by atoms with Gasteiger partial charge in [0, 0.05) is 62.6 Å². The van der Waals surface area contributed by atoms with Gasteiger partial charge >= 0.3 is 0 Å². The number of halogens is 1. The molecule has 3 aliphatic heterocycles. The van der Waals surface area contributed by atoms with E-state index < -0.39 is 0 Å². The molecule has 0 saturated carbocycles. The van der Waals surface area contributed by atoms with Crippen LogP contribution in [0.1, 0.15) is 43.9 Å². The lowest BCUT2D eigenvalue weighted by Crippen LogP contribution is -2.54. The lowest BCUT2D eigenvalue weighted by atomic mass is 9.69. The Kier molecular flexibility index (Phi) is 7.60. The van der Waals surface area contributed by atoms with Crippen LogP contribution < -0.4 is 19.7 Å². The van der Waals surface area contributed by atoms with E-state index in [-0.39, 0.29) is 5.41 Å². The van der Waals surface area contributed by atoms with Gasteiger partial charge in [-0.3, -0.25) is 9.88 Å². The van der Waals surface area contributed by atoms with Crippen molar-refractivity contribution in [2.24, 2.45) is 0 Å². The monoisotopic (exact) mass is 548 g/mol. The molecule has 0 bridgehead atoms. The number of hydrogen-bond acceptors (Lipinski definition) is 8. The third-order valence-corrected chi connectivity index (χ3v) is 8.84. The van der Waals surface area contributed by atoms with Gasteiger partial charge in [-0.15, -0.1) is 0 Å². The minimum absolute atomic E-state index is 0.0389. The second-order valence-corrected chi connectivity index (χ2v) is 11.2. The zero-order valence-electron chi connectivity index (χ0n) is 22.8. The number of fused-ring (bicyclic) bond motifs is 2. The normalized spacial score (nSPS) is 20.7. The summed E-state index contributed by atoms with van der Waals surface area (Å²) in [5.74, 6) is 2.11. The molecule has 0 unspecified atom stereocenters. The molecule has 2 fully saturated rings. The van der Waals surface area contributed by atoms with E-state index in [0.29, 0.717) is 29.3 Å². The molecule has 3 aliphatic rings. The standard InChI is InChI=1S/C30H37ClN6O2/c1-3-39-29-22(7-5-14-34-29)24-9-8-23-25(35-24)19-36(18-21-6-4-13-32-21)20-30(23)11-16-37(17-12-30)28-27(31)26(38-2)10-15-33-28/h5,7-10,14-15,21,32H,3-4,6,11-13,16-20H2,1-2H3/t21-/m1/s1. The van der Waals surface area contributed by atoms with Crippen LogP contribution in [0.25, 0.3) is 11.3 Å². The first kappa shape index (κ1) is 26.3. The predicted molar refractivity (Wildman–Crippen MR) is 154 cm³/mol. The fourth-order valence-electron chi connectivity index (χ4n) is 6.59. The molecule has 3 aromatic heterocycles. The highest BCUT2D eigenvalue weighted by atomic mass is 35.5. The maximum Gasteiger partial charge on any atom is 0.222 e. The highest BCUT2D eigenvalue weighted by Gasteiger charge is 2.43. The second kappa shape index (κ2) is 11.3. The number of pyridine rings is 3. The van der Waals surface area contributed by atoms with Crippen molar-refractivity contribution in [2.75, 3.05) is 51.3 Å². The first-order valence-electron chi connectivity index (χ1n) is 14.1. The molecule has 1 atom stereocenters. The van der Waals surface area contributed by atoms with E-state index in [2.05, 4.69) is 43.3 Å². The molecule has 0 aliphatic carbocycles. The fraction of sp³-hybridized carbons (Fsp3) is 0.500.